The van der Waals surface area contributed by atoms with Gasteiger partial charge in [0.05, 0.1) is 35.0 Å². The number of aryl methyl sites for hydroxylation is 2. The molecule has 6 heteroatoms. The zero-order chi connectivity index (χ0) is 24.3. The average Bonchev–Trinajstić information content (AvgIpc) is 3.43. The first-order valence-corrected chi connectivity index (χ1v) is 11.6. The first kappa shape index (κ1) is 22.3. The number of aliphatic hydroxyl groups is 2. The van der Waals surface area contributed by atoms with Gasteiger partial charge in [-0.2, -0.15) is 0 Å². The molecule has 5 heterocycles. The minimum Gasteiger partial charge on any atom is -0.389 e. The number of aromatic nitrogens is 4. The molecule has 8 bridgehead atoms. The zero-order valence-electron chi connectivity index (χ0n) is 20.4. The molecule has 2 unspecified atom stereocenters. The molecule has 4 N–H and O–H groups in total. The minimum absolute atomic E-state index is 0.651. The van der Waals surface area contributed by atoms with Gasteiger partial charge in [0.15, 0.2) is 0 Å². The van der Waals surface area contributed by atoms with Gasteiger partial charge in [-0.3, -0.25) is 0 Å². The van der Waals surface area contributed by atoms with Crippen LogP contribution in [0.4, 0.5) is 0 Å². The van der Waals surface area contributed by atoms with Gasteiger partial charge < -0.3 is 20.2 Å². The lowest BCUT2D eigenvalue weighted by Crippen LogP contribution is -2.02. The van der Waals surface area contributed by atoms with Crippen LogP contribution in [0.3, 0.4) is 0 Å². The summed E-state index contributed by atoms with van der Waals surface area (Å²) in [7, 11) is 0. The summed E-state index contributed by atoms with van der Waals surface area (Å²) in [6.45, 7) is 11.6. The van der Waals surface area contributed by atoms with E-state index in [1.165, 1.54) is 0 Å². The lowest BCUT2D eigenvalue weighted by Gasteiger charge is -2.07. The van der Waals surface area contributed by atoms with Crippen LogP contribution in [0.5, 0.6) is 0 Å². The molecule has 0 saturated carbocycles. The fourth-order valence-electron chi connectivity index (χ4n) is 5.01. The van der Waals surface area contributed by atoms with Gasteiger partial charge >= 0.3 is 0 Å². The van der Waals surface area contributed by atoms with Crippen LogP contribution < -0.4 is 0 Å². The van der Waals surface area contributed by atoms with Crippen molar-refractivity contribution in [1.82, 2.24) is 19.9 Å². The Balaban J connectivity index is 1.97. The van der Waals surface area contributed by atoms with Gasteiger partial charge in [-0.15, -0.1) is 0 Å². The lowest BCUT2D eigenvalue weighted by atomic mass is 10.0. The van der Waals surface area contributed by atoms with E-state index in [9.17, 15) is 10.2 Å². The van der Waals surface area contributed by atoms with E-state index in [1.807, 2.05) is 38.1 Å². The third-order valence-electron chi connectivity index (χ3n) is 6.75. The molecule has 2 atom stereocenters. The molecular weight excluding hydrogens is 424 g/mol. The Bertz CT molecular complexity index is 1550. The largest absolute Gasteiger partial charge is 0.389 e. The van der Waals surface area contributed by atoms with Gasteiger partial charge in [0.25, 0.3) is 0 Å². The van der Waals surface area contributed by atoms with Crippen molar-refractivity contribution in [3.05, 3.63) is 69.8 Å². The lowest BCUT2D eigenvalue weighted by molar-refractivity contribution is 0.200. The van der Waals surface area contributed by atoms with Crippen LogP contribution in [0.2, 0.25) is 0 Å². The summed E-state index contributed by atoms with van der Waals surface area (Å²) in [6, 6.07) is 10.1. The number of hydrogen-bond acceptors (Lipinski definition) is 4. The fourth-order valence-corrected chi connectivity index (χ4v) is 5.01. The van der Waals surface area contributed by atoms with E-state index >= 15 is 0 Å². The number of aliphatic hydroxyl groups excluding tert-OH is 2. The van der Waals surface area contributed by atoms with Gasteiger partial charge in [0.2, 0.25) is 0 Å². The van der Waals surface area contributed by atoms with E-state index in [0.717, 1.165) is 78.3 Å². The van der Waals surface area contributed by atoms with E-state index in [0.29, 0.717) is 0 Å². The summed E-state index contributed by atoms with van der Waals surface area (Å²) in [5.74, 6) is 0. The van der Waals surface area contributed by atoms with E-state index < -0.39 is 12.2 Å². The molecule has 0 amide bonds. The molecule has 3 aromatic heterocycles. The van der Waals surface area contributed by atoms with Crippen LogP contribution in [-0.4, -0.2) is 36.3 Å². The number of rotatable bonds is 2. The molecule has 0 radical (unpaired) electrons. The van der Waals surface area contributed by atoms with Crippen LogP contribution in [0.15, 0.2) is 30.3 Å². The van der Waals surface area contributed by atoms with Gasteiger partial charge in [0.1, 0.15) is 0 Å². The summed E-state index contributed by atoms with van der Waals surface area (Å²) >= 11 is 0. The number of H-pyrrole nitrogens is 2. The van der Waals surface area contributed by atoms with Crippen molar-refractivity contribution in [3.63, 3.8) is 0 Å². The van der Waals surface area contributed by atoms with Crippen LogP contribution in [0.25, 0.3) is 44.9 Å². The molecule has 0 aliphatic carbocycles. The van der Waals surface area contributed by atoms with Crippen LogP contribution in [0.1, 0.15) is 73.3 Å². The van der Waals surface area contributed by atoms with Crippen molar-refractivity contribution in [2.24, 2.45) is 0 Å². The highest BCUT2D eigenvalue weighted by Crippen LogP contribution is 2.34. The molecule has 2 aliphatic rings. The van der Waals surface area contributed by atoms with Crippen LogP contribution in [-0.2, 0) is 0 Å². The Hall–Kier alpha value is -3.48. The number of fused-ring (bicyclic) bond motifs is 8. The molecule has 5 rings (SSSR count). The topological polar surface area (TPSA) is 97.8 Å². The van der Waals surface area contributed by atoms with Crippen LogP contribution in [0, 0.1) is 13.8 Å². The number of hydrogen-bond donors (Lipinski definition) is 4. The van der Waals surface area contributed by atoms with Crippen molar-refractivity contribution in [2.45, 2.75) is 53.8 Å². The Morgan fingerprint density at radius 2 is 1.44 bits per heavy atom. The van der Waals surface area contributed by atoms with Crippen molar-refractivity contribution >= 4 is 44.9 Å². The molecule has 174 valence electrons. The monoisotopic (exact) mass is 454 g/mol. The number of aromatic amines is 2. The Kier molecular flexibility index (Phi) is 5.30. The first-order chi connectivity index (χ1) is 16.1. The highest BCUT2D eigenvalue weighted by molar-refractivity contribution is 5.94. The quantitative estimate of drug-likeness (QED) is 0.390. The summed E-state index contributed by atoms with van der Waals surface area (Å²) in [5, 5.41) is 21.2. The second-order valence-corrected chi connectivity index (χ2v) is 9.41. The third kappa shape index (κ3) is 3.69. The summed E-state index contributed by atoms with van der Waals surface area (Å²) in [4.78, 5) is 16.7. The predicted molar refractivity (Wildman–Crippen MR) is 139 cm³/mol. The highest BCUT2D eigenvalue weighted by Gasteiger charge is 2.22. The minimum atomic E-state index is -0.663. The van der Waals surface area contributed by atoms with Gasteiger partial charge in [-0.1, -0.05) is 0 Å². The molecule has 3 aromatic rings. The Labute approximate surface area is 198 Å². The normalized spacial score (nSPS) is 15.5. The average molecular weight is 455 g/mol. The predicted octanol–water partition coefficient (Wildman–Crippen LogP) is 5.86. The van der Waals surface area contributed by atoms with Crippen molar-refractivity contribution in [2.75, 3.05) is 0 Å². The van der Waals surface area contributed by atoms with Crippen molar-refractivity contribution in [3.8, 4) is 0 Å². The third-order valence-corrected chi connectivity index (χ3v) is 6.75. The summed E-state index contributed by atoms with van der Waals surface area (Å²) in [6.07, 6.45) is 0.759. The number of allylic oxidation sites excluding steroid dienone is 2. The molecule has 6 nitrogen and oxygen atoms in total. The maximum Gasteiger partial charge on any atom is 0.0786 e. The van der Waals surface area contributed by atoms with Gasteiger partial charge in [-0.25, -0.2) is 9.97 Å². The van der Waals surface area contributed by atoms with Crippen molar-refractivity contribution in [1.29, 1.82) is 0 Å². The molecule has 0 saturated heterocycles. The Morgan fingerprint density at radius 1 is 0.735 bits per heavy atom. The molecular formula is C28H30N4O2. The van der Waals surface area contributed by atoms with E-state index in [4.69, 9.17) is 9.97 Å². The molecule has 0 fully saturated rings. The summed E-state index contributed by atoms with van der Waals surface area (Å²) in [5.41, 5.74) is 12.6. The standard InChI is InChI=1S/C28H30N4O2/c1-13-7-19-9-20-8-14(2)22(30-20)11-25-27(17(5)33)16(4)24(32-25)12-26-28(18(6)34)15(3)23(31-26)10-21(13)29-19/h7-12,17-18,30-31,33-34H,1-6H3. The molecule has 0 aromatic carbocycles. The van der Waals surface area contributed by atoms with E-state index in [-0.39, 0.29) is 0 Å². The first-order valence-electron chi connectivity index (χ1n) is 11.6. The van der Waals surface area contributed by atoms with E-state index in [1.54, 1.807) is 13.8 Å². The van der Waals surface area contributed by atoms with Gasteiger partial charge in [0, 0.05) is 33.2 Å². The molecule has 34 heavy (non-hydrogen) atoms. The summed E-state index contributed by atoms with van der Waals surface area (Å²) < 4.78 is 0. The molecule has 2 aliphatic heterocycles. The van der Waals surface area contributed by atoms with Crippen molar-refractivity contribution < 1.29 is 10.2 Å². The smallest absolute Gasteiger partial charge is 0.0786 e. The van der Waals surface area contributed by atoms with Gasteiger partial charge in [-0.05, 0) is 100 Å². The SMILES string of the molecule is CC1=Cc2cc3cc(C)c(cc4nc(cc5[nH]c(cc1n2)c(C)c5C(C)O)C(C)=C4C(C)O)[nH]3. The number of nitrogens with zero attached hydrogens (tertiary/aromatic N) is 2. The Morgan fingerprint density at radius 3 is 2.15 bits per heavy atom. The maximum absolute atomic E-state index is 10.6. The zero-order valence-corrected chi connectivity index (χ0v) is 20.4. The number of nitrogens with one attached hydrogen (secondary N) is 2. The maximum atomic E-state index is 10.6. The highest BCUT2D eigenvalue weighted by atomic mass is 16.3. The van der Waals surface area contributed by atoms with E-state index in [2.05, 4.69) is 36.0 Å². The second kappa shape index (κ2) is 8.08. The molecule has 0 spiro atoms. The second-order valence-electron chi connectivity index (χ2n) is 9.41. The van der Waals surface area contributed by atoms with Crippen LogP contribution >= 0.6 is 0 Å². The fraction of sp³-hybridized carbons (Fsp3) is 0.286.